The summed E-state index contributed by atoms with van der Waals surface area (Å²) in [5, 5.41) is 13.2. The largest absolute Gasteiger partial charge is 0.311 e. The van der Waals surface area contributed by atoms with Crippen molar-refractivity contribution in [3.8, 4) is 10.6 Å². The molecule has 0 bridgehead atoms. The summed E-state index contributed by atoms with van der Waals surface area (Å²) >= 11 is 1.55. The summed E-state index contributed by atoms with van der Waals surface area (Å²) in [4.78, 5) is 7.89. The van der Waals surface area contributed by atoms with Gasteiger partial charge in [-0.2, -0.15) is 0 Å². The Morgan fingerprint density at radius 2 is 2.00 bits per heavy atom. The molecule has 0 radical (unpaired) electrons. The highest BCUT2D eigenvalue weighted by Gasteiger charge is 2.11. The maximum absolute atomic E-state index is 4.11. The van der Waals surface area contributed by atoms with Crippen molar-refractivity contribution in [2.75, 3.05) is 7.05 Å². The Labute approximate surface area is 91.6 Å². The van der Waals surface area contributed by atoms with Crippen LogP contribution >= 0.6 is 11.3 Å². The fraction of sp³-hybridized carbons (Fsp3) is 0.333. The first-order valence-electron chi connectivity index (χ1n) is 4.57. The van der Waals surface area contributed by atoms with Crippen LogP contribution in [0.1, 0.15) is 18.0 Å². The highest BCUT2D eigenvalue weighted by Crippen LogP contribution is 2.25. The summed E-state index contributed by atoms with van der Waals surface area (Å²) in [7, 11) is 1.90. The number of aromatic nitrogens is 4. The van der Waals surface area contributed by atoms with Crippen LogP contribution in [0.15, 0.2) is 18.7 Å². The number of nitrogens with one attached hydrogen (secondary N) is 1. The van der Waals surface area contributed by atoms with E-state index in [1.807, 2.05) is 14.0 Å². The van der Waals surface area contributed by atoms with E-state index in [1.165, 1.54) is 6.33 Å². The lowest BCUT2D eigenvalue weighted by Gasteiger charge is -2.02. The van der Waals surface area contributed by atoms with Crippen LogP contribution in [0.5, 0.6) is 0 Å². The molecule has 2 aromatic rings. The van der Waals surface area contributed by atoms with Crippen LogP contribution in [0.25, 0.3) is 10.6 Å². The number of rotatable bonds is 3. The van der Waals surface area contributed by atoms with E-state index in [0.29, 0.717) is 0 Å². The molecule has 2 aromatic heterocycles. The third-order valence-electron chi connectivity index (χ3n) is 2.05. The van der Waals surface area contributed by atoms with Crippen molar-refractivity contribution in [3.05, 3.63) is 23.7 Å². The molecule has 0 aliphatic carbocycles. The molecule has 0 aliphatic heterocycles. The Morgan fingerprint density at radius 3 is 2.67 bits per heavy atom. The Balaban J connectivity index is 2.28. The zero-order valence-electron chi connectivity index (χ0n) is 8.51. The van der Waals surface area contributed by atoms with Crippen molar-refractivity contribution in [2.24, 2.45) is 0 Å². The van der Waals surface area contributed by atoms with Gasteiger partial charge in [-0.1, -0.05) is 11.3 Å². The molecule has 15 heavy (non-hydrogen) atoms. The molecule has 0 aromatic carbocycles. The SMILES string of the molecule is CNC(C)c1nnc(-c2cncnc2)s1. The van der Waals surface area contributed by atoms with E-state index in [2.05, 4.69) is 25.5 Å². The van der Waals surface area contributed by atoms with Crippen molar-refractivity contribution in [3.63, 3.8) is 0 Å². The molecule has 0 saturated carbocycles. The molecule has 2 rings (SSSR count). The average Bonchev–Trinajstić information content (AvgIpc) is 2.78. The average molecular weight is 221 g/mol. The summed E-state index contributed by atoms with van der Waals surface area (Å²) in [6.07, 6.45) is 4.98. The third-order valence-corrected chi connectivity index (χ3v) is 3.21. The molecule has 5 nitrogen and oxygen atoms in total. The number of hydrogen-bond acceptors (Lipinski definition) is 6. The minimum Gasteiger partial charge on any atom is -0.311 e. The second-order valence-electron chi connectivity index (χ2n) is 3.08. The molecule has 0 saturated heterocycles. The van der Waals surface area contributed by atoms with Crippen LogP contribution < -0.4 is 5.32 Å². The van der Waals surface area contributed by atoms with E-state index >= 15 is 0 Å². The third kappa shape index (κ3) is 2.16. The zero-order valence-corrected chi connectivity index (χ0v) is 9.32. The number of nitrogens with zero attached hydrogens (tertiary/aromatic N) is 4. The van der Waals surface area contributed by atoms with Crippen LogP contribution in [0.4, 0.5) is 0 Å². The van der Waals surface area contributed by atoms with Gasteiger partial charge in [0.1, 0.15) is 11.3 Å². The molecule has 6 heteroatoms. The normalized spacial score (nSPS) is 12.7. The van der Waals surface area contributed by atoms with Gasteiger partial charge >= 0.3 is 0 Å². The highest BCUT2D eigenvalue weighted by atomic mass is 32.1. The molecule has 2 heterocycles. The topological polar surface area (TPSA) is 63.6 Å². The molecule has 0 amide bonds. The van der Waals surface area contributed by atoms with Crippen molar-refractivity contribution in [1.29, 1.82) is 0 Å². The fourth-order valence-electron chi connectivity index (χ4n) is 1.06. The van der Waals surface area contributed by atoms with Gasteiger partial charge in [0, 0.05) is 18.0 Å². The molecular weight excluding hydrogens is 210 g/mol. The molecular formula is C9H11N5S. The van der Waals surface area contributed by atoms with Gasteiger partial charge in [-0.3, -0.25) is 0 Å². The summed E-state index contributed by atoms with van der Waals surface area (Å²) in [6, 6.07) is 0.223. The van der Waals surface area contributed by atoms with Gasteiger partial charge in [0.25, 0.3) is 0 Å². The number of hydrogen-bond donors (Lipinski definition) is 1. The van der Waals surface area contributed by atoms with Gasteiger partial charge < -0.3 is 5.32 Å². The maximum atomic E-state index is 4.11. The van der Waals surface area contributed by atoms with Crippen molar-refractivity contribution in [1.82, 2.24) is 25.5 Å². The van der Waals surface area contributed by atoms with Crippen molar-refractivity contribution in [2.45, 2.75) is 13.0 Å². The van der Waals surface area contributed by atoms with Gasteiger partial charge in [-0.05, 0) is 14.0 Å². The Hall–Kier alpha value is -1.40. The van der Waals surface area contributed by atoms with Crippen LogP contribution in [0, 0.1) is 0 Å². The maximum Gasteiger partial charge on any atom is 0.150 e. The minimum atomic E-state index is 0.223. The van der Waals surface area contributed by atoms with Crippen LogP contribution in [-0.4, -0.2) is 27.2 Å². The predicted octanol–water partition coefficient (Wildman–Crippen LogP) is 1.28. The van der Waals surface area contributed by atoms with Crippen LogP contribution in [0.2, 0.25) is 0 Å². The van der Waals surface area contributed by atoms with E-state index in [4.69, 9.17) is 0 Å². The molecule has 0 fully saturated rings. The van der Waals surface area contributed by atoms with E-state index < -0.39 is 0 Å². The molecule has 0 aliphatic rings. The second kappa shape index (κ2) is 4.41. The fourth-order valence-corrected chi connectivity index (χ4v) is 1.94. The van der Waals surface area contributed by atoms with Crippen molar-refractivity contribution < 1.29 is 0 Å². The van der Waals surface area contributed by atoms with Gasteiger partial charge in [-0.25, -0.2) is 9.97 Å². The lowest BCUT2D eigenvalue weighted by Crippen LogP contribution is -2.11. The van der Waals surface area contributed by atoms with Gasteiger partial charge in [-0.15, -0.1) is 10.2 Å². The predicted molar refractivity (Wildman–Crippen MR) is 58.4 cm³/mol. The highest BCUT2D eigenvalue weighted by molar-refractivity contribution is 7.14. The van der Waals surface area contributed by atoms with Gasteiger partial charge in [0.15, 0.2) is 5.01 Å². The van der Waals surface area contributed by atoms with Gasteiger partial charge in [0.2, 0.25) is 0 Å². The van der Waals surface area contributed by atoms with E-state index in [9.17, 15) is 0 Å². The van der Waals surface area contributed by atoms with E-state index in [0.717, 1.165) is 15.6 Å². The van der Waals surface area contributed by atoms with Gasteiger partial charge in [0.05, 0.1) is 6.04 Å². The summed E-state index contributed by atoms with van der Waals surface area (Å²) in [6.45, 7) is 2.05. The lowest BCUT2D eigenvalue weighted by atomic mass is 10.4. The first-order chi connectivity index (χ1) is 7.31. The van der Waals surface area contributed by atoms with Crippen molar-refractivity contribution >= 4 is 11.3 Å². The standard InChI is InChI=1S/C9H11N5S/c1-6(10-2)8-13-14-9(15-8)7-3-11-5-12-4-7/h3-6,10H,1-2H3. The Bertz CT molecular complexity index is 427. The van der Waals surface area contributed by atoms with E-state index in [1.54, 1.807) is 23.7 Å². The summed E-state index contributed by atoms with van der Waals surface area (Å²) in [5.41, 5.74) is 0.907. The first-order valence-corrected chi connectivity index (χ1v) is 5.39. The molecule has 1 unspecified atom stereocenters. The summed E-state index contributed by atoms with van der Waals surface area (Å²) < 4.78 is 0. The second-order valence-corrected chi connectivity index (χ2v) is 4.09. The quantitative estimate of drug-likeness (QED) is 0.845. The molecule has 1 N–H and O–H groups in total. The minimum absolute atomic E-state index is 0.223. The monoisotopic (exact) mass is 221 g/mol. The molecule has 0 spiro atoms. The Morgan fingerprint density at radius 1 is 1.27 bits per heavy atom. The lowest BCUT2D eigenvalue weighted by molar-refractivity contribution is 0.640. The first kappa shape index (κ1) is 10.1. The van der Waals surface area contributed by atoms with Crippen LogP contribution in [-0.2, 0) is 0 Å². The molecule has 1 atom stereocenters. The zero-order chi connectivity index (χ0) is 10.7. The summed E-state index contributed by atoms with van der Waals surface area (Å²) in [5.74, 6) is 0. The smallest absolute Gasteiger partial charge is 0.150 e. The van der Waals surface area contributed by atoms with E-state index in [-0.39, 0.29) is 6.04 Å². The Kier molecular flexibility index (Phi) is 2.98. The van der Waals surface area contributed by atoms with Crippen LogP contribution in [0.3, 0.4) is 0 Å². The molecule has 78 valence electrons.